The Balaban J connectivity index is 3.46. The van der Waals surface area contributed by atoms with E-state index < -0.39 is 18.2 Å². The number of carbonyl (C=O) groups excluding carboxylic acids is 1. The maximum atomic E-state index is 12.4. The molecule has 0 bridgehead atoms. The van der Waals surface area contributed by atoms with Crippen molar-refractivity contribution in [3.05, 3.63) is 36.5 Å². The fraction of sp³-hybridized carbons (Fsp3) is 0.854. The van der Waals surface area contributed by atoms with Crippen LogP contribution in [0, 0.1) is 0 Å². The van der Waals surface area contributed by atoms with E-state index in [9.17, 15) is 20.1 Å². The summed E-state index contributed by atoms with van der Waals surface area (Å²) in [6.45, 7) is 3.93. The van der Waals surface area contributed by atoms with Crippen LogP contribution in [0.1, 0.15) is 239 Å². The number of aliphatic hydroxyl groups is 3. The van der Waals surface area contributed by atoms with E-state index in [1.54, 1.807) is 0 Å². The zero-order valence-electron chi connectivity index (χ0n) is 35.4. The van der Waals surface area contributed by atoms with Crippen LogP contribution in [-0.2, 0) is 4.79 Å². The van der Waals surface area contributed by atoms with Crippen LogP contribution in [0.2, 0.25) is 0 Å². The minimum atomic E-state index is -1.16. The topological polar surface area (TPSA) is 89.8 Å². The number of hydrogen-bond acceptors (Lipinski definition) is 4. The first-order chi connectivity index (χ1) is 26.1. The predicted octanol–water partition coefficient (Wildman–Crippen LogP) is 13.5. The molecule has 0 aliphatic rings. The summed E-state index contributed by atoms with van der Waals surface area (Å²) >= 11 is 0. The van der Waals surface area contributed by atoms with E-state index in [-0.39, 0.29) is 12.5 Å². The minimum Gasteiger partial charge on any atom is -0.394 e. The Morgan fingerprint density at radius 1 is 0.491 bits per heavy atom. The van der Waals surface area contributed by atoms with E-state index in [0.717, 1.165) is 44.9 Å². The third-order valence-corrected chi connectivity index (χ3v) is 10.8. The Hall–Kier alpha value is -1.43. The van der Waals surface area contributed by atoms with Gasteiger partial charge in [-0.3, -0.25) is 4.79 Å². The van der Waals surface area contributed by atoms with Gasteiger partial charge in [0, 0.05) is 6.42 Å². The van der Waals surface area contributed by atoms with Gasteiger partial charge in [0.15, 0.2) is 0 Å². The van der Waals surface area contributed by atoms with Gasteiger partial charge in [-0.15, -0.1) is 0 Å². The molecule has 5 heteroatoms. The highest BCUT2D eigenvalue weighted by Crippen LogP contribution is 2.16. The lowest BCUT2D eigenvalue weighted by atomic mass is 10.0. The Morgan fingerprint density at radius 3 is 1.26 bits per heavy atom. The van der Waals surface area contributed by atoms with Crippen LogP contribution in [0.5, 0.6) is 0 Å². The van der Waals surface area contributed by atoms with E-state index >= 15 is 0 Å². The molecule has 0 saturated heterocycles. The molecule has 0 heterocycles. The van der Waals surface area contributed by atoms with Crippen molar-refractivity contribution in [3.8, 4) is 0 Å². The molecule has 0 aliphatic carbocycles. The smallest absolute Gasteiger partial charge is 0.220 e. The SMILES string of the molecule is C/C=C/CC/C=C/CCCC(O)C(O)C(CO)NC(=O)CCCCCCCCCCCCCCCCC/C=C\CCCCCCCCCCCCCC. The Bertz CT molecular complexity index is 824. The van der Waals surface area contributed by atoms with Crippen molar-refractivity contribution in [1.82, 2.24) is 5.32 Å². The van der Waals surface area contributed by atoms with Gasteiger partial charge in [0.2, 0.25) is 5.91 Å². The molecule has 0 radical (unpaired) electrons. The van der Waals surface area contributed by atoms with Crippen molar-refractivity contribution in [1.29, 1.82) is 0 Å². The van der Waals surface area contributed by atoms with Gasteiger partial charge in [-0.1, -0.05) is 197 Å². The molecular formula is C48H91NO4. The fourth-order valence-corrected chi connectivity index (χ4v) is 7.18. The van der Waals surface area contributed by atoms with E-state index in [1.165, 1.54) is 167 Å². The summed E-state index contributed by atoms with van der Waals surface area (Å²) in [5.74, 6) is -0.160. The van der Waals surface area contributed by atoms with Crippen molar-refractivity contribution in [2.75, 3.05) is 6.61 Å². The summed E-state index contributed by atoms with van der Waals surface area (Å²) in [6, 6.07) is -0.829. The number of carbonyl (C=O) groups is 1. The number of allylic oxidation sites excluding steroid dienone is 6. The summed E-state index contributed by atoms with van der Waals surface area (Å²) in [4.78, 5) is 12.4. The highest BCUT2D eigenvalue weighted by molar-refractivity contribution is 5.76. The predicted molar refractivity (Wildman–Crippen MR) is 231 cm³/mol. The van der Waals surface area contributed by atoms with Crippen LogP contribution in [0.25, 0.3) is 0 Å². The van der Waals surface area contributed by atoms with Crippen molar-refractivity contribution in [3.63, 3.8) is 0 Å². The largest absolute Gasteiger partial charge is 0.394 e. The summed E-state index contributed by atoms with van der Waals surface area (Å²) in [5.41, 5.74) is 0. The van der Waals surface area contributed by atoms with Gasteiger partial charge >= 0.3 is 0 Å². The lowest BCUT2D eigenvalue weighted by Gasteiger charge is -2.26. The molecule has 0 fully saturated rings. The number of nitrogens with one attached hydrogen (secondary N) is 1. The summed E-state index contributed by atoms with van der Waals surface area (Å²) in [7, 11) is 0. The third kappa shape index (κ3) is 38.6. The summed E-state index contributed by atoms with van der Waals surface area (Å²) in [6.07, 6.45) is 54.6. The van der Waals surface area contributed by atoms with Crippen molar-refractivity contribution in [2.24, 2.45) is 0 Å². The van der Waals surface area contributed by atoms with Gasteiger partial charge in [-0.05, 0) is 71.1 Å². The van der Waals surface area contributed by atoms with Crippen LogP contribution >= 0.6 is 0 Å². The number of rotatable bonds is 42. The van der Waals surface area contributed by atoms with Crippen LogP contribution in [0.3, 0.4) is 0 Å². The molecule has 3 atom stereocenters. The molecule has 0 spiro atoms. The molecular weight excluding hydrogens is 655 g/mol. The maximum Gasteiger partial charge on any atom is 0.220 e. The summed E-state index contributed by atoms with van der Waals surface area (Å²) in [5, 5.41) is 33.2. The first-order valence-electron chi connectivity index (χ1n) is 23.2. The molecule has 0 rings (SSSR count). The number of aliphatic hydroxyl groups excluding tert-OH is 3. The van der Waals surface area contributed by atoms with Crippen LogP contribution in [0.4, 0.5) is 0 Å². The van der Waals surface area contributed by atoms with Crippen molar-refractivity contribution >= 4 is 5.91 Å². The monoisotopic (exact) mass is 746 g/mol. The standard InChI is InChI=1S/C48H91NO4/c1-3-5-7-9-11-13-14-15-16-17-18-19-20-21-22-23-24-25-26-27-28-29-30-31-32-33-34-35-37-39-41-43-47(52)49-45(44-50)48(53)46(51)42-40-38-36-12-10-8-6-4-2/h4,6,12,21-22,36,45-46,48,50-51,53H,3,5,7-11,13-20,23-35,37-44H2,1-2H3,(H,49,52)/b6-4+,22-21-,36-12+. The first kappa shape index (κ1) is 51.6. The molecule has 5 nitrogen and oxygen atoms in total. The second-order valence-electron chi connectivity index (χ2n) is 16.0. The molecule has 0 aliphatic heterocycles. The van der Waals surface area contributed by atoms with E-state index in [1.807, 2.05) is 13.0 Å². The second kappa shape index (κ2) is 43.3. The van der Waals surface area contributed by atoms with E-state index in [2.05, 4.69) is 42.6 Å². The molecule has 0 aromatic carbocycles. The molecule has 312 valence electrons. The Morgan fingerprint density at radius 2 is 0.849 bits per heavy atom. The minimum absolute atomic E-state index is 0.160. The molecule has 0 aromatic heterocycles. The summed E-state index contributed by atoms with van der Waals surface area (Å²) < 4.78 is 0. The van der Waals surface area contributed by atoms with Gasteiger partial charge in [0.1, 0.15) is 6.10 Å². The lowest BCUT2D eigenvalue weighted by molar-refractivity contribution is -0.124. The quantitative estimate of drug-likeness (QED) is 0.0370. The highest BCUT2D eigenvalue weighted by Gasteiger charge is 2.26. The van der Waals surface area contributed by atoms with E-state index in [0.29, 0.717) is 12.8 Å². The number of unbranched alkanes of at least 4 members (excludes halogenated alkanes) is 29. The number of amides is 1. The van der Waals surface area contributed by atoms with Crippen LogP contribution in [-0.4, -0.2) is 46.1 Å². The van der Waals surface area contributed by atoms with Crippen molar-refractivity contribution in [2.45, 2.75) is 257 Å². The third-order valence-electron chi connectivity index (χ3n) is 10.8. The lowest BCUT2D eigenvalue weighted by Crippen LogP contribution is -2.50. The zero-order chi connectivity index (χ0) is 38.7. The van der Waals surface area contributed by atoms with Crippen LogP contribution < -0.4 is 5.32 Å². The fourth-order valence-electron chi connectivity index (χ4n) is 7.18. The molecule has 1 amide bonds. The van der Waals surface area contributed by atoms with Crippen LogP contribution in [0.15, 0.2) is 36.5 Å². The van der Waals surface area contributed by atoms with E-state index in [4.69, 9.17) is 0 Å². The average molecular weight is 746 g/mol. The molecule has 3 unspecified atom stereocenters. The molecule has 53 heavy (non-hydrogen) atoms. The van der Waals surface area contributed by atoms with Gasteiger partial charge in [-0.2, -0.15) is 0 Å². The second-order valence-corrected chi connectivity index (χ2v) is 16.0. The van der Waals surface area contributed by atoms with Gasteiger partial charge in [0.05, 0.1) is 18.8 Å². The Labute approximate surface area is 330 Å². The zero-order valence-corrected chi connectivity index (χ0v) is 35.4. The highest BCUT2D eigenvalue weighted by atomic mass is 16.3. The van der Waals surface area contributed by atoms with Gasteiger partial charge < -0.3 is 20.6 Å². The normalized spacial score (nSPS) is 13.8. The maximum absolute atomic E-state index is 12.4. The molecule has 0 saturated carbocycles. The number of hydrogen-bond donors (Lipinski definition) is 4. The Kier molecular flexibility index (Phi) is 42.1. The average Bonchev–Trinajstić information content (AvgIpc) is 3.16. The van der Waals surface area contributed by atoms with Gasteiger partial charge in [-0.25, -0.2) is 0 Å². The molecule has 4 N–H and O–H groups in total. The van der Waals surface area contributed by atoms with Gasteiger partial charge in [0.25, 0.3) is 0 Å². The first-order valence-corrected chi connectivity index (χ1v) is 23.2. The molecule has 0 aromatic rings. The van der Waals surface area contributed by atoms with Crippen molar-refractivity contribution < 1.29 is 20.1 Å².